The summed E-state index contributed by atoms with van der Waals surface area (Å²) in [5.74, 6) is 0. The van der Waals surface area contributed by atoms with Gasteiger partial charge >= 0.3 is 0 Å². The second-order valence-electron chi connectivity index (χ2n) is 6.21. The maximum Gasteiger partial charge on any atom is 0.0824 e. The molecule has 0 heterocycles. The third kappa shape index (κ3) is 5.94. The molecule has 0 amide bonds. The zero-order valence-electron chi connectivity index (χ0n) is 14.0. The first-order chi connectivity index (χ1) is 10.8. The van der Waals surface area contributed by atoms with Crippen molar-refractivity contribution in [1.82, 2.24) is 0 Å². The van der Waals surface area contributed by atoms with Gasteiger partial charge in [-0.05, 0) is 0 Å². The van der Waals surface area contributed by atoms with Gasteiger partial charge in [0.15, 0.2) is 0 Å². The van der Waals surface area contributed by atoms with Crippen molar-refractivity contribution in [3.05, 3.63) is 60.7 Å². The van der Waals surface area contributed by atoms with Gasteiger partial charge < -0.3 is 0 Å². The van der Waals surface area contributed by atoms with E-state index in [0.29, 0.717) is 0 Å². The van der Waals surface area contributed by atoms with Gasteiger partial charge in [-0.2, -0.15) is 0 Å². The van der Waals surface area contributed by atoms with E-state index >= 15 is 0 Å². The van der Waals surface area contributed by atoms with Gasteiger partial charge in [-0.25, -0.2) is 0 Å². The van der Waals surface area contributed by atoms with E-state index in [1.165, 1.54) is 37.8 Å². The monoisotopic (exact) mass is 324 g/mol. The van der Waals surface area contributed by atoms with Gasteiger partial charge in [0.2, 0.25) is 0 Å². The Morgan fingerprint density at radius 2 is 0.909 bits per heavy atom. The van der Waals surface area contributed by atoms with E-state index in [0.717, 1.165) is 0 Å². The van der Waals surface area contributed by atoms with Gasteiger partial charge in [-0.3, -0.25) is 0 Å². The summed E-state index contributed by atoms with van der Waals surface area (Å²) < 4.78 is 0. The van der Waals surface area contributed by atoms with Crippen molar-refractivity contribution in [3.63, 3.8) is 0 Å². The molecule has 2 aromatic carbocycles. The molecule has 0 aliphatic carbocycles. The first-order valence-corrected chi connectivity index (χ1v) is 12.9. The number of rotatable bonds is 9. The van der Waals surface area contributed by atoms with Crippen LogP contribution in [-0.4, -0.2) is 17.6 Å². The molecule has 0 spiro atoms. The summed E-state index contributed by atoms with van der Waals surface area (Å²) in [6.45, 7) is 4.92. The number of benzene rings is 2. The van der Waals surface area contributed by atoms with Gasteiger partial charge in [0.1, 0.15) is 0 Å². The lowest BCUT2D eigenvalue weighted by Crippen LogP contribution is -2.26. The van der Waals surface area contributed by atoms with E-state index in [1.54, 1.807) is 10.4 Å². The molecule has 2 aromatic rings. The standard InChI is InChI=1S/C20H28Si2/c1-21(19-13-7-5-8-14-19)17-11-3-4-12-18-22(2)20-15-9-6-10-16-20/h5-10,13-16H,3-4,11-12,17-18H2,1-2H3. The van der Waals surface area contributed by atoms with Crippen molar-refractivity contribution in [2.45, 2.75) is 50.9 Å². The molecule has 0 saturated carbocycles. The molecule has 0 bridgehead atoms. The van der Waals surface area contributed by atoms with Gasteiger partial charge in [-0.1, -0.05) is 122 Å². The minimum atomic E-state index is -0.307. The Balaban J connectivity index is 1.56. The molecule has 0 saturated heterocycles. The highest BCUT2D eigenvalue weighted by Crippen LogP contribution is 2.10. The van der Waals surface area contributed by atoms with Crippen LogP contribution >= 0.6 is 0 Å². The third-order valence-corrected chi connectivity index (χ3v) is 9.23. The van der Waals surface area contributed by atoms with E-state index < -0.39 is 0 Å². The SMILES string of the molecule is C[Si](CCCCCC[Si](C)c1ccccc1)c1ccccc1. The maximum atomic E-state index is 2.46. The fraction of sp³-hybridized carbons (Fsp3) is 0.400. The summed E-state index contributed by atoms with van der Waals surface area (Å²) in [6.07, 6.45) is 5.66. The van der Waals surface area contributed by atoms with Crippen molar-refractivity contribution in [2.24, 2.45) is 0 Å². The Labute approximate surface area is 139 Å². The second kappa shape index (κ2) is 9.80. The molecule has 0 aliphatic rings. The zero-order chi connectivity index (χ0) is 15.6. The highest BCUT2D eigenvalue weighted by atomic mass is 28.3. The molecule has 2 radical (unpaired) electrons. The zero-order valence-corrected chi connectivity index (χ0v) is 16.0. The first kappa shape index (κ1) is 17.2. The molecule has 116 valence electrons. The van der Waals surface area contributed by atoms with Gasteiger partial charge in [0.25, 0.3) is 0 Å². The van der Waals surface area contributed by atoms with E-state index in [4.69, 9.17) is 0 Å². The minimum absolute atomic E-state index is 0.307. The van der Waals surface area contributed by atoms with Crippen LogP contribution < -0.4 is 10.4 Å². The largest absolute Gasteiger partial charge is 0.0824 e. The summed E-state index contributed by atoms with van der Waals surface area (Å²) in [4.78, 5) is 0. The fourth-order valence-electron chi connectivity index (χ4n) is 2.87. The van der Waals surface area contributed by atoms with E-state index in [-0.39, 0.29) is 17.6 Å². The molecule has 0 N–H and O–H groups in total. The second-order valence-corrected chi connectivity index (χ2v) is 11.5. The van der Waals surface area contributed by atoms with Crippen LogP contribution in [0.4, 0.5) is 0 Å². The molecule has 0 fully saturated rings. The highest BCUT2D eigenvalue weighted by Gasteiger charge is 2.08. The van der Waals surface area contributed by atoms with Crippen LogP contribution in [0.2, 0.25) is 25.2 Å². The van der Waals surface area contributed by atoms with Crippen molar-refractivity contribution >= 4 is 28.0 Å². The van der Waals surface area contributed by atoms with Gasteiger partial charge in [0, 0.05) is 0 Å². The lowest BCUT2D eigenvalue weighted by Gasteiger charge is -2.11. The third-order valence-electron chi connectivity index (χ3n) is 4.39. The van der Waals surface area contributed by atoms with Gasteiger partial charge in [0.05, 0.1) is 17.6 Å². The smallest absolute Gasteiger partial charge is 0.0669 e. The van der Waals surface area contributed by atoms with Crippen molar-refractivity contribution in [1.29, 1.82) is 0 Å². The maximum absolute atomic E-state index is 2.46. The molecule has 2 heteroatoms. The average Bonchev–Trinajstić information content (AvgIpc) is 2.59. The molecule has 0 aliphatic heterocycles. The minimum Gasteiger partial charge on any atom is -0.0669 e. The lowest BCUT2D eigenvalue weighted by atomic mass is 10.2. The van der Waals surface area contributed by atoms with Crippen LogP contribution in [0, 0.1) is 0 Å². The van der Waals surface area contributed by atoms with Crippen molar-refractivity contribution in [3.8, 4) is 0 Å². The summed E-state index contributed by atoms with van der Waals surface area (Å²) in [7, 11) is -0.613. The number of hydrogen-bond acceptors (Lipinski definition) is 0. The van der Waals surface area contributed by atoms with E-state index in [2.05, 4.69) is 73.8 Å². The van der Waals surface area contributed by atoms with E-state index in [1.807, 2.05) is 0 Å². The molecule has 0 atom stereocenters. The Hall–Kier alpha value is -1.13. The summed E-state index contributed by atoms with van der Waals surface area (Å²) in [5, 5.41) is 3.19. The van der Waals surface area contributed by atoms with Crippen LogP contribution in [-0.2, 0) is 0 Å². The quantitative estimate of drug-likeness (QED) is 0.467. The molecule has 0 aromatic heterocycles. The number of unbranched alkanes of at least 4 members (excludes halogenated alkanes) is 3. The fourth-order valence-corrected chi connectivity index (χ4v) is 6.53. The molecule has 22 heavy (non-hydrogen) atoms. The van der Waals surface area contributed by atoms with Crippen LogP contribution in [0.15, 0.2) is 60.7 Å². The topological polar surface area (TPSA) is 0 Å². The Kier molecular flexibility index (Phi) is 7.68. The first-order valence-electron chi connectivity index (χ1n) is 8.53. The van der Waals surface area contributed by atoms with Crippen LogP contribution in [0.3, 0.4) is 0 Å². The van der Waals surface area contributed by atoms with Crippen LogP contribution in [0.1, 0.15) is 25.7 Å². The summed E-state index contributed by atoms with van der Waals surface area (Å²) in [6, 6.07) is 25.0. The summed E-state index contributed by atoms with van der Waals surface area (Å²) in [5.41, 5.74) is 0. The molecular weight excluding hydrogens is 296 g/mol. The van der Waals surface area contributed by atoms with Crippen molar-refractivity contribution in [2.75, 3.05) is 0 Å². The Bertz CT molecular complexity index is 460. The van der Waals surface area contributed by atoms with Gasteiger partial charge in [-0.15, -0.1) is 0 Å². The highest BCUT2D eigenvalue weighted by molar-refractivity contribution is 6.72. The Morgan fingerprint density at radius 1 is 0.545 bits per heavy atom. The normalized spacial score (nSPS) is 11.3. The average molecular weight is 325 g/mol. The van der Waals surface area contributed by atoms with Crippen molar-refractivity contribution < 1.29 is 0 Å². The molecular formula is C20H28Si2. The molecule has 2 rings (SSSR count). The molecule has 0 unspecified atom stereocenters. The molecule has 0 nitrogen and oxygen atoms in total. The predicted octanol–water partition coefficient (Wildman–Crippen LogP) is 4.61. The number of hydrogen-bond donors (Lipinski definition) is 0. The predicted molar refractivity (Wildman–Crippen MR) is 103 cm³/mol. The lowest BCUT2D eigenvalue weighted by molar-refractivity contribution is 0.697. The van der Waals surface area contributed by atoms with E-state index in [9.17, 15) is 0 Å². The van der Waals surface area contributed by atoms with Crippen LogP contribution in [0.25, 0.3) is 0 Å². The summed E-state index contributed by atoms with van der Waals surface area (Å²) >= 11 is 0. The van der Waals surface area contributed by atoms with Crippen LogP contribution in [0.5, 0.6) is 0 Å². The Morgan fingerprint density at radius 3 is 1.27 bits per heavy atom.